The average Bonchev–Trinajstić information content (AvgIpc) is 4.06. The summed E-state index contributed by atoms with van der Waals surface area (Å²) in [6, 6.07) is 35.2. The first-order valence-electron chi connectivity index (χ1n) is 19.4. The second kappa shape index (κ2) is 16.0. The maximum Gasteiger partial charge on any atom is 0.245 e. The van der Waals surface area contributed by atoms with Crippen LogP contribution in [0.25, 0.3) is 33.9 Å². The number of hydrogen-bond acceptors (Lipinski definition) is 8. The second-order valence-corrected chi connectivity index (χ2v) is 15.2. The Hall–Kier alpha value is -5.98. The highest BCUT2D eigenvalue weighted by atomic mass is 16.2. The first kappa shape index (κ1) is 37.0. The van der Waals surface area contributed by atoms with Crippen molar-refractivity contribution < 1.29 is 9.59 Å². The highest BCUT2D eigenvalue weighted by molar-refractivity contribution is 5.84. The third-order valence-electron chi connectivity index (χ3n) is 11.1. The SMILES string of the molecule is CN(C)[C@@H](C(=O)N1CCC[C@H]1c1nc(-c2ccc(-c3ccc(-c4n[nH]c([C@@H]5CCCN5C(=O)[C@@H](c5ccccc5)N(C)C)n4)cc3)cc2)n[nH]1)c1ccccc1. The molecular formula is C44H48N10O2. The van der Waals surface area contributed by atoms with Crippen LogP contribution in [0.4, 0.5) is 0 Å². The zero-order valence-corrected chi connectivity index (χ0v) is 32.3. The Morgan fingerprint density at radius 1 is 0.554 bits per heavy atom. The monoisotopic (exact) mass is 748 g/mol. The lowest BCUT2D eigenvalue weighted by molar-refractivity contribution is -0.138. The molecule has 8 rings (SSSR count). The molecule has 4 atom stereocenters. The fraction of sp³-hybridized carbons (Fsp3) is 0.318. The minimum Gasteiger partial charge on any atom is -0.331 e. The number of carbonyl (C=O) groups excluding carboxylic acids is 2. The summed E-state index contributed by atoms with van der Waals surface area (Å²) in [4.78, 5) is 45.4. The molecule has 2 amide bonds. The smallest absolute Gasteiger partial charge is 0.245 e. The van der Waals surface area contributed by atoms with Gasteiger partial charge >= 0.3 is 0 Å². The summed E-state index contributed by atoms with van der Waals surface area (Å²) in [5.41, 5.74) is 5.87. The summed E-state index contributed by atoms with van der Waals surface area (Å²) in [7, 11) is 7.78. The van der Waals surface area contributed by atoms with E-state index in [1.807, 2.05) is 133 Å². The van der Waals surface area contributed by atoms with Crippen molar-refractivity contribution in [2.24, 2.45) is 0 Å². The highest BCUT2D eigenvalue weighted by Crippen LogP contribution is 2.36. The number of rotatable bonds is 11. The normalized spacial score (nSPS) is 18.2. The van der Waals surface area contributed by atoms with Crippen LogP contribution < -0.4 is 0 Å². The van der Waals surface area contributed by atoms with E-state index in [1.54, 1.807) is 0 Å². The number of H-pyrrole nitrogens is 2. The molecule has 0 radical (unpaired) electrons. The van der Waals surface area contributed by atoms with Gasteiger partial charge in [0.1, 0.15) is 23.7 Å². The van der Waals surface area contributed by atoms with Gasteiger partial charge in [-0.05, 0) is 76.1 Å². The van der Waals surface area contributed by atoms with E-state index in [0.29, 0.717) is 36.4 Å². The number of carbonyl (C=O) groups is 2. The molecule has 0 spiro atoms. The summed E-state index contributed by atoms with van der Waals surface area (Å²) in [6.07, 6.45) is 3.51. The van der Waals surface area contributed by atoms with E-state index < -0.39 is 0 Å². The van der Waals surface area contributed by atoms with E-state index in [0.717, 1.165) is 59.1 Å². The van der Waals surface area contributed by atoms with Gasteiger partial charge in [-0.1, -0.05) is 109 Å². The Morgan fingerprint density at radius 2 is 0.911 bits per heavy atom. The second-order valence-electron chi connectivity index (χ2n) is 15.2. The van der Waals surface area contributed by atoms with E-state index in [9.17, 15) is 9.59 Å². The molecule has 12 nitrogen and oxygen atoms in total. The van der Waals surface area contributed by atoms with Crippen LogP contribution in [0.3, 0.4) is 0 Å². The van der Waals surface area contributed by atoms with E-state index in [2.05, 4.69) is 44.7 Å². The van der Waals surface area contributed by atoms with Gasteiger partial charge in [0, 0.05) is 24.2 Å². The molecule has 4 heterocycles. The molecule has 2 fully saturated rings. The van der Waals surface area contributed by atoms with Gasteiger partial charge in [0.15, 0.2) is 11.6 Å². The van der Waals surface area contributed by atoms with E-state index >= 15 is 0 Å². The minimum atomic E-state index is -0.365. The number of likely N-dealkylation sites (N-methyl/N-ethyl adjacent to an activating group) is 2. The number of aromatic amines is 2. The number of amides is 2. The number of likely N-dealkylation sites (tertiary alicyclic amines) is 2. The summed E-state index contributed by atoms with van der Waals surface area (Å²) in [6.45, 7) is 1.38. The van der Waals surface area contributed by atoms with Crippen LogP contribution in [0.5, 0.6) is 0 Å². The van der Waals surface area contributed by atoms with Crippen LogP contribution in [-0.4, -0.2) is 103 Å². The molecule has 2 aliphatic heterocycles. The van der Waals surface area contributed by atoms with Gasteiger partial charge in [0.25, 0.3) is 0 Å². The maximum absolute atomic E-state index is 13.9. The lowest BCUT2D eigenvalue weighted by Gasteiger charge is -2.31. The summed E-state index contributed by atoms with van der Waals surface area (Å²) < 4.78 is 0. The van der Waals surface area contributed by atoms with Gasteiger partial charge in [-0.2, -0.15) is 10.2 Å². The summed E-state index contributed by atoms with van der Waals surface area (Å²) in [5.74, 6) is 2.78. The third kappa shape index (κ3) is 7.37. The average molecular weight is 749 g/mol. The van der Waals surface area contributed by atoms with Gasteiger partial charge in [-0.15, -0.1) is 0 Å². The molecule has 0 saturated carbocycles. The zero-order valence-electron chi connectivity index (χ0n) is 32.3. The van der Waals surface area contributed by atoms with Crippen LogP contribution in [0.2, 0.25) is 0 Å². The number of nitrogens with zero attached hydrogens (tertiary/aromatic N) is 8. The van der Waals surface area contributed by atoms with Gasteiger partial charge in [0.05, 0.1) is 12.1 Å². The first-order valence-corrected chi connectivity index (χ1v) is 19.4. The molecule has 286 valence electrons. The van der Waals surface area contributed by atoms with Crippen molar-refractivity contribution in [3.05, 3.63) is 132 Å². The maximum atomic E-state index is 13.9. The van der Waals surface area contributed by atoms with Crippen molar-refractivity contribution in [1.29, 1.82) is 0 Å². The largest absolute Gasteiger partial charge is 0.331 e. The molecule has 2 aromatic heterocycles. The number of hydrogen-bond donors (Lipinski definition) is 2. The van der Waals surface area contributed by atoms with Crippen LogP contribution in [0.1, 0.15) is 72.6 Å². The molecule has 2 N–H and O–H groups in total. The van der Waals surface area contributed by atoms with E-state index in [1.165, 1.54) is 0 Å². The minimum absolute atomic E-state index is 0.0744. The summed E-state index contributed by atoms with van der Waals surface area (Å²) in [5, 5.41) is 15.4. The van der Waals surface area contributed by atoms with Crippen molar-refractivity contribution in [2.45, 2.75) is 49.9 Å². The molecule has 2 aliphatic rings. The fourth-order valence-corrected chi connectivity index (χ4v) is 8.27. The third-order valence-corrected chi connectivity index (χ3v) is 11.1. The highest BCUT2D eigenvalue weighted by Gasteiger charge is 2.38. The number of nitrogens with one attached hydrogen (secondary N) is 2. The van der Waals surface area contributed by atoms with Crippen LogP contribution in [-0.2, 0) is 9.59 Å². The Balaban J connectivity index is 0.930. The molecular weight excluding hydrogens is 701 g/mol. The first-order chi connectivity index (χ1) is 27.3. The molecule has 0 bridgehead atoms. The molecule has 4 aromatic carbocycles. The number of benzene rings is 4. The van der Waals surface area contributed by atoms with Gasteiger partial charge < -0.3 is 9.80 Å². The number of aromatic nitrogens is 6. The van der Waals surface area contributed by atoms with E-state index in [-0.39, 0.29) is 36.0 Å². The van der Waals surface area contributed by atoms with E-state index in [4.69, 9.17) is 9.97 Å². The Morgan fingerprint density at radius 3 is 1.27 bits per heavy atom. The molecule has 0 aliphatic carbocycles. The van der Waals surface area contributed by atoms with Crippen molar-refractivity contribution in [1.82, 2.24) is 50.0 Å². The standard InChI is InChI=1S/C44H48N10O2/c1-51(2)37(31-13-7-5-8-14-31)43(55)53-27-11-17-35(53)41-45-39(47-49-41)33-23-19-29(20-24-33)30-21-25-34(26-22-30)40-46-42(50-48-40)36-18-12-28-54(36)44(56)38(52(3)4)32-15-9-6-10-16-32/h5-10,13-16,19-26,35-38H,11-12,17-18,27-28H2,1-4H3,(H,45,47,49)(H,46,48,50)/t35-,36-,37+,38+/m0/s1. The van der Waals surface area contributed by atoms with Crippen molar-refractivity contribution in [2.75, 3.05) is 41.3 Å². The van der Waals surface area contributed by atoms with Crippen molar-refractivity contribution in [3.8, 4) is 33.9 Å². The predicted molar refractivity (Wildman–Crippen MR) is 216 cm³/mol. The Kier molecular flexibility index (Phi) is 10.6. The zero-order chi connectivity index (χ0) is 38.8. The van der Waals surface area contributed by atoms with Gasteiger partial charge in [-0.25, -0.2) is 9.97 Å². The lowest BCUT2D eigenvalue weighted by Crippen LogP contribution is -2.40. The van der Waals surface area contributed by atoms with Crippen LogP contribution in [0, 0.1) is 0 Å². The van der Waals surface area contributed by atoms with Crippen LogP contribution >= 0.6 is 0 Å². The lowest BCUT2D eigenvalue weighted by atomic mass is 10.0. The molecule has 0 unspecified atom stereocenters. The van der Waals surface area contributed by atoms with Gasteiger partial charge in [0.2, 0.25) is 11.8 Å². The predicted octanol–water partition coefficient (Wildman–Crippen LogP) is 6.86. The Bertz CT molecular complexity index is 2090. The molecule has 56 heavy (non-hydrogen) atoms. The van der Waals surface area contributed by atoms with Crippen LogP contribution in [0.15, 0.2) is 109 Å². The molecule has 2 saturated heterocycles. The fourth-order valence-electron chi connectivity index (χ4n) is 8.27. The van der Waals surface area contributed by atoms with Gasteiger partial charge in [-0.3, -0.25) is 29.6 Å². The van der Waals surface area contributed by atoms with Crippen molar-refractivity contribution in [3.63, 3.8) is 0 Å². The topological polar surface area (TPSA) is 130 Å². The molecule has 12 heteroatoms. The molecule has 6 aromatic rings. The van der Waals surface area contributed by atoms with Crippen molar-refractivity contribution >= 4 is 11.8 Å². The summed E-state index contributed by atoms with van der Waals surface area (Å²) >= 11 is 0. The quantitative estimate of drug-likeness (QED) is 0.147. The Labute approximate surface area is 327 Å².